The van der Waals surface area contributed by atoms with Crippen LogP contribution in [0.25, 0.3) is 0 Å². The Morgan fingerprint density at radius 3 is 2.83 bits per heavy atom. The second kappa shape index (κ2) is 5.34. The third-order valence-corrected chi connectivity index (χ3v) is 4.53. The Bertz CT molecular complexity index is 405. The van der Waals surface area contributed by atoms with Crippen LogP contribution >= 0.6 is 11.5 Å². The minimum atomic E-state index is 0.125. The van der Waals surface area contributed by atoms with Gasteiger partial charge in [-0.3, -0.25) is 0 Å². The Kier molecular flexibility index (Phi) is 4.00. The number of aromatic nitrogens is 1. The molecule has 18 heavy (non-hydrogen) atoms. The van der Waals surface area contributed by atoms with E-state index < -0.39 is 0 Å². The van der Waals surface area contributed by atoms with Crippen molar-refractivity contribution in [1.29, 1.82) is 0 Å². The molecule has 0 aromatic carbocycles. The van der Waals surface area contributed by atoms with Gasteiger partial charge >= 0.3 is 0 Å². The molecule has 0 amide bonds. The zero-order valence-electron chi connectivity index (χ0n) is 11.6. The summed E-state index contributed by atoms with van der Waals surface area (Å²) >= 11 is 1.46. The van der Waals surface area contributed by atoms with E-state index in [0.29, 0.717) is 17.8 Å². The van der Waals surface area contributed by atoms with Gasteiger partial charge in [0.1, 0.15) is 0 Å². The average molecular weight is 269 g/mol. The smallest absolute Gasteiger partial charge is 0.198 e. The fourth-order valence-electron chi connectivity index (χ4n) is 2.44. The summed E-state index contributed by atoms with van der Waals surface area (Å²) in [4.78, 5) is 2.40. The molecule has 1 fully saturated rings. The molecule has 1 saturated heterocycles. The predicted molar refractivity (Wildman–Crippen MR) is 77.5 cm³/mol. The highest BCUT2D eigenvalue weighted by molar-refractivity contribution is 7.11. The normalized spacial score (nSPS) is 24.6. The SMILES string of the molecule is CC(C)Oc1c(N)nsc1N1CCCC(C)C1C. The van der Waals surface area contributed by atoms with E-state index in [-0.39, 0.29) is 6.10 Å². The van der Waals surface area contributed by atoms with Crippen LogP contribution in [0.15, 0.2) is 0 Å². The van der Waals surface area contributed by atoms with Gasteiger partial charge in [-0.15, -0.1) is 0 Å². The van der Waals surface area contributed by atoms with E-state index in [1.54, 1.807) is 0 Å². The van der Waals surface area contributed by atoms with Gasteiger partial charge in [-0.05, 0) is 51.1 Å². The molecule has 0 aliphatic carbocycles. The Balaban J connectivity index is 2.27. The number of ether oxygens (including phenoxy) is 1. The Hall–Kier alpha value is -0.970. The number of nitrogen functional groups attached to an aromatic ring is 1. The lowest BCUT2D eigenvalue weighted by molar-refractivity contribution is 0.243. The van der Waals surface area contributed by atoms with Crippen LogP contribution in [-0.2, 0) is 0 Å². The fourth-order valence-corrected chi connectivity index (χ4v) is 3.30. The molecule has 1 aliphatic heterocycles. The number of nitrogens with zero attached hydrogens (tertiary/aromatic N) is 2. The second-order valence-corrected chi connectivity index (χ2v) is 6.17. The number of rotatable bonds is 3. The quantitative estimate of drug-likeness (QED) is 0.916. The molecule has 1 aromatic heterocycles. The molecule has 0 radical (unpaired) electrons. The van der Waals surface area contributed by atoms with Gasteiger partial charge in [0.05, 0.1) is 6.10 Å². The third-order valence-electron chi connectivity index (χ3n) is 3.65. The lowest BCUT2D eigenvalue weighted by Crippen LogP contribution is -2.42. The van der Waals surface area contributed by atoms with Crippen LogP contribution in [0.1, 0.15) is 40.5 Å². The van der Waals surface area contributed by atoms with Crippen LogP contribution in [0, 0.1) is 5.92 Å². The molecule has 102 valence electrons. The van der Waals surface area contributed by atoms with Crippen molar-refractivity contribution >= 4 is 22.4 Å². The number of hydrogen-bond donors (Lipinski definition) is 1. The van der Waals surface area contributed by atoms with Crippen LogP contribution in [0.3, 0.4) is 0 Å². The first-order valence-corrected chi connectivity index (χ1v) is 7.46. The van der Waals surface area contributed by atoms with Gasteiger partial charge in [0.25, 0.3) is 0 Å². The highest BCUT2D eigenvalue weighted by Crippen LogP contribution is 2.42. The van der Waals surface area contributed by atoms with Crippen LogP contribution in [0.4, 0.5) is 10.8 Å². The van der Waals surface area contributed by atoms with Crippen molar-refractivity contribution in [2.24, 2.45) is 5.92 Å². The number of piperidine rings is 1. The Labute approximate surface area is 113 Å². The van der Waals surface area contributed by atoms with Crippen molar-refractivity contribution in [2.75, 3.05) is 17.2 Å². The maximum atomic E-state index is 5.92. The van der Waals surface area contributed by atoms with E-state index in [4.69, 9.17) is 10.5 Å². The summed E-state index contributed by atoms with van der Waals surface area (Å²) in [7, 11) is 0. The van der Waals surface area contributed by atoms with Crippen molar-refractivity contribution in [3.8, 4) is 5.75 Å². The van der Waals surface area contributed by atoms with Gasteiger partial charge in [-0.2, -0.15) is 4.37 Å². The van der Waals surface area contributed by atoms with E-state index >= 15 is 0 Å². The summed E-state index contributed by atoms with van der Waals surface area (Å²) in [5.74, 6) is 2.00. The zero-order chi connectivity index (χ0) is 13.3. The van der Waals surface area contributed by atoms with Crippen molar-refractivity contribution in [3.63, 3.8) is 0 Å². The summed E-state index contributed by atoms with van der Waals surface area (Å²) in [6.45, 7) is 9.69. The monoisotopic (exact) mass is 269 g/mol. The standard InChI is InChI=1S/C13H23N3OS/c1-8(2)17-11-12(14)15-18-13(11)16-7-5-6-9(3)10(16)4/h8-10H,5-7H2,1-4H3,(H2,14,15). The molecular weight excluding hydrogens is 246 g/mol. The van der Waals surface area contributed by atoms with Crippen molar-refractivity contribution in [1.82, 2.24) is 4.37 Å². The summed E-state index contributed by atoms with van der Waals surface area (Å²) < 4.78 is 10.1. The molecule has 4 nitrogen and oxygen atoms in total. The Morgan fingerprint density at radius 1 is 1.44 bits per heavy atom. The summed E-state index contributed by atoms with van der Waals surface area (Å²) in [6, 6.07) is 0.521. The molecule has 1 aromatic rings. The topological polar surface area (TPSA) is 51.4 Å². The minimum Gasteiger partial charge on any atom is -0.484 e. The molecule has 0 saturated carbocycles. The van der Waals surface area contributed by atoms with Crippen molar-refractivity contribution in [2.45, 2.75) is 52.7 Å². The lowest BCUT2D eigenvalue weighted by Gasteiger charge is -2.38. The van der Waals surface area contributed by atoms with E-state index in [0.717, 1.165) is 17.3 Å². The van der Waals surface area contributed by atoms with E-state index in [2.05, 4.69) is 23.1 Å². The zero-order valence-corrected chi connectivity index (χ0v) is 12.5. The maximum Gasteiger partial charge on any atom is 0.198 e. The molecule has 2 rings (SSSR count). The highest BCUT2D eigenvalue weighted by Gasteiger charge is 2.29. The molecule has 1 aliphatic rings. The van der Waals surface area contributed by atoms with E-state index in [1.807, 2.05) is 13.8 Å². The fraction of sp³-hybridized carbons (Fsp3) is 0.769. The molecular formula is C13H23N3OS. The third kappa shape index (κ3) is 2.55. The molecule has 2 N–H and O–H groups in total. The van der Waals surface area contributed by atoms with E-state index in [1.165, 1.54) is 24.4 Å². The lowest BCUT2D eigenvalue weighted by atomic mass is 9.92. The van der Waals surface area contributed by atoms with Gasteiger partial charge in [-0.25, -0.2) is 0 Å². The predicted octanol–water partition coefficient (Wildman–Crippen LogP) is 3.14. The van der Waals surface area contributed by atoms with Crippen molar-refractivity contribution in [3.05, 3.63) is 0 Å². The van der Waals surface area contributed by atoms with Gasteiger partial charge in [0.15, 0.2) is 16.6 Å². The summed E-state index contributed by atoms with van der Waals surface area (Å²) in [5, 5.41) is 1.10. The molecule has 2 atom stereocenters. The summed E-state index contributed by atoms with van der Waals surface area (Å²) in [5.41, 5.74) is 5.92. The Morgan fingerprint density at radius 2 is 2.17 bits per heavy atom. The van der Waals surface area contributed by atoms with Crippen LogP contribution < -0.4 is 15.4 Å². The minimum absolute atomic E-state index is 0.125. The largest absolute Gasteiger partial charge is 0.484 e. The first-order valence-electron chi connectivity index (χ1n) is 6.69. The first-order chi connectivity index (χ1) is 8.50. The first kappa shape index (κ1) is 13.5. The molecule has 5 heteroatoms. The van der Waals surface area contributed by atoms with Crippen LogP contribution in [0.2, 0.25) is 0 Å². The van der Waals surface area contributed by atoms with E-state index in [9.17, 15) is 0 Å². The second-order valence-electron chi connectivity index (χ2n) is 5.42. The molecule has 0 bridgehead atoms. The molecule has 0 spiro atoms. The summed E-state index contributed by atoms with van der Waals surface area (Å²) in [6.07, 6.45) is 2.65. The molecule has 2 unspecified atom stereocenters. The van der Waals surface area contributed by atoms with Gasteiger partial charge in [-0.1, -0.05) is 6.92 Å². The maximum absolute atomic E-state index is 5.92. The highest BCUT2D eigenvalue weighted by atomic mass is 32.1. The van der Waals surface area contributed by atoms with Crippen molar-refractivity contribution < 1.29 is 4.74 Å². The van der Waals surface area contributed by atoms with Gasteiger partial charge in [0, 0.05) is 12.6 Å². The average Bonchev–Trinajstić information content (AvgIpc) is 2.64. The number of anilines is 2. The van der Waals surface area contributed by atoms with Gasteiger partial charge in [0.2, 0.25) is 0 Å². The van der Waals surface area contributed by atoms with Crippen LogP contribution in [-0.4, -0.2) is 23.1 Å². The number of nitrogens with two attached hydrogens (primary N) is 1. The molecule has 2 heterocycles. The van der Waals surface area contributed by atoms with Gasteiger partial charge < -0.3 is 15.4 Å². The van der Waals surface area contributed by atoms with Crippen LogP contribution in [0.5, 0.6) is 5.75 Å². The number of hydrogen-bond acceptors (Lipinski definition) is 5.